The van der Waals surface area contributed by atoms with Gasteiger partial charge < -0.3 is 11.1 Å². The van der Waals surface area contributed by atoms with E-state index in [9.17, 15) is 4.39 Å². The molecule has 82 valence electrons. The van der Waals surface area contributed by atoms with Gasteiger partial charge in [0.1, 0.15) is 5.82 Å². The fourth-order valence-electron chi connectivity index (χ4n) is 2.10. The standard InChI is InChI=1S/C12H17FN2/c13-11-4-2-10(3-5-11)12-6-1-9(7-14)8-15-12/h2-5,9,12,15H,1,6-8,14H2. The van der Waals surface area contributed by atoms with Gasteiger partial charge in [-0.15, -0.1) is 0 Å². The summed E-state index contributed by atoms with van der Waals surface area (Å²) in [6, 6.07) is 7.12. The SMILES string of the molecule is NCC1CCC(c2ccc(F)cc2)NC1. The Morgan fingerprint density at radius 3 is 2.53 bits per heavy atom. The molecular formula is C12H17FN2. The van der Waals surface area contributed by atoms with Crippen molar-refractivity contribution in [3.8, 4) is 0 Å². The van der Waals surface area contributed by atoms with E-state index in [4.69, 9.17) is 5.73 Å². The van der Waals surface area contributed by atoms with E-state index in [-0.39, 0.29) is 5.82 Å². The van der Waals surface area contributed by atoms with Crippen LogP contribution in [-0.2, 0) is 0 Å². The van der Waals surface area contributed by atoms with Crippen LogP contribution in [0.4, 0.5) is 4.39 Å². The normalized spacial score (nSPS) is 26.5. The van der Waals surface area contributed by atoms with Crippen LogP contribution in [0, 0.1) is 11.7 Å². The maximum Gasteiger partial charge on any atom is 0.123 e. The molecule has 0 aromatic heterocycles. The number of benzene rings is 1. The minimum absolute atomic E-state index is 0.172. The molecule has 1 saturated heterocycles. The van der Waals surface area contributed by atoms with Crippen molar-refractivity contribution in [1.82, 2.24) is 5.32 Å². The maximum absolute atomic E-state index is 12.7. The molecule has 1 aromatic rings. The Labute approximate surface area is 89.7 Å². The molecule has 0 amide bonds. The van der Waals surface area contributed by atoms with Gasteiger partial charge in [-0.05, 0) is 49.5 Å². The molecule has 1 aliphatic heterocycles. The van der Waals surface area contributed by atoms with E-state index in [0.29, 0.717) is 12.0 Å². The van der Waals surface area contributed by atoms with E-state index in [0.717, 1.165) is 25.9 Å². The predicted octanol–water partition coefficient (Wildman–Crippen LogP) is 1.83. The van der Waals surface area contributed by atoms with Crippen LogP contribution in [0.15, 0.2) is 24.3 Å². The monoisotopic (exact) mass is 208 g/mol. The highest BCUT2D eigenvalue weighted by atomic mass is 19.1. The van der Waals surface area contributed by atoms with E-state index >= 15 is 0 Å². The van der Waals surface area contributed by atoms with Gasteiger partial charge in [0.15, 0.2) is 0 Å². The molecule has 1 fully saturated rings. The van der Waals surface area contributed by atoms with Crippen molar-refractivity contribution >= 4 is 0 Å². The van der Waals surface area contributed by atoms with Gasteiger partial charge in [0.25, 0.3) is 0 Å². The largest absolute Gasteiger partial charge is 0.330 e. The first kappa shape index (κ1) is 10.6. The number of nitrogens with one attached hydrogen (secondary N) is 1. The summed E-state index contributed by atoms with van der Waals surface area (Å²) in [5.41, 5.74) is 6.79. The molecule has 1 aromatic carbocycles. The van der Waals surface area contributed by atoms with Crippen LogP contribution in [0.2, 0.25) is 0 Å². The molecule has 0 spiro atoms. The van der Waals surface area contributed by atoms with Gasteiger partial charge in [0, 0.05) is 6.04 Å². The molecule has 0 radical (unpaired) electrons. The summed E-state index contributed by atoms with van der Waals surface area (Å²) in [6.07, 6.45) is 2.25. The highest BCUT2D eigenvalue weighted by Crippen LogP contribution is 2.25. The van der Waals surface area contributed by atoms with Crippen LogP contribution in [0.3, 0.4) is 0 Å². The maximum atomic E-state index is 12.7. The minimum Gasteiger partial charge on any atom is -0.330 e. The third kappa shape index (κ3) is 2.55. The minimum atomic E-state index is -0.172. The molecule has 0 saturated carbocycles. The van der Waals surface area contributed by atoms with Gasteiger partial charge in [0.05, 0.1) is 0 Å². The highest BCUT2D eigenvalue weighted by Gasteiger charge is 2.20. The van der Waals surface area contributed by atoms with Crippen LogP contribution in [0.25, 0.3) is 0 Å². The number of hydrogen-bond donors (Lipinski definition) is 2. The van der Waals surface area contributed by atoms with Crippen molar-refractivity contribution in [3.63, 3.8) is 0 Å². The molecule has 2 nitrogen and oxygen atoms in total. The van der Waals surface area contributed by atoms with Gasteiger partial charge in [-0.2, -0.15) is 0 Å². The smallest absolute Gasteiger partial charge is 0.123 e. The lowest BCUT2D eigenvalue weighted by atomic mass is 9.91. The molecule has 1 aliphatic rings. The molecule has 3 N–H and O–H groups in total. The summed E-state index contributed by atoms with van der Waals surface area (Å²) < 4.78 is 12.7. The van der Waals surface area contributed by atoms with Gasteiger partial charge in [-0.3, -0.25) is 0 Å². The van der Waals surface area contributed by atoms with Crippen molar-refractivity contribution in [2.45, 2.75) is 18.9 Å². The molecule has 2 unspecified atom stereocenters. The average molecular weight is 208 g/mol. The second-order valence-corrected chi connectivity index (χ2v) is 4.19. The zero-order valence-electron chi connectivity index (χ0n) is 8.75. The van der Waals surface area contributed by atoms with Crippen molar-refractivity contribution in [2.75, 3.05) is 13.1 Å². The van der Waals surface area contributed by atoms with Gasteiger partial charge in [-0.1, -0.05) is 12.1 Å². The molecule has 1 heterocycles. The molecule has 0 bridgehead atoms. The van der Waals surface area contributed by atoms with Crippen LogP contribution in [0.5, 0.6) is 0 Å². The van der Waals surface area contributed by atoms with E-state index < -0.39 is 0 Å². The quantitative estimate of drug-likeness (QED) is 0.778. The third-order valence-electron chi connectivity index (χ3n) is 3.12. The Bertz CT molecular complexity index is 302. The van der Waals surface area contributed by atoms with E-state index in [1.807, 2.05) is 12.1 Å². The van der Waals surface area contributed by atoms with E-state index in [2.05, 4.69) is 5.32 Å². The van der Waals surface area contributed by atoms with Crippen molar-refractivity contribution in [1.29, 1.82) is 0 Å². The Balaban J connectivity index is 1.98. The van der Waals surface area contributed by atoms with Crippen molar-refractivity contribution in [2.24, 2.45) is 11.7 Å². The molecule has 0 aliphatic carbocycles. The van der Waals surface area contributed by atoms with E-state index in [1.54, 1.807) is 0 Å². The highest BCUT2D eigenvalue weighted by molar-refractivity contribution is 5.20. The number of halogens is 1. The van der Waals surface area contributed by atoms with E-state index in [1.165, 1.54) is 17.7 Å². The summed E-state index contributed by atoms with van der Waals surface area (Å²) in [4.78, 5) is 0. The summed E-state index contributed by atoms with van der Waals surface area (Å²) in [6.45, 7) is 1.72. The summed E-state index contributed by atoms with van der Waals surface area (Å²) in [7, 11) is 0. The number of nitrogens with two attached hydrogens (primary N) is 1. The number of hydrogen-bond acceptors (Lipinski definition) is 2. The Hall–Kier alpha value is -0.930. The number of piperidine rings is 1. The lowest BCUT2D eigenvalue weighted by molar-refractivity contribution is 0.320. The third-order valence-corrected chi connectivity index (χ3v) is 3.12. The van der Waals surface area contributed by atoms with Crippen molar-refractivity contribution in [3.05, 3.63) is 35.6 Å². The average Bonchev–Trinajstić information content (AvgIpc) is 2.30. The fourth-order valence-corrected chi connectivity index (χ4v) is 2.10. The lowest BCUT2D eigenvalue weighted by Crippen LogP contribution is -2.36. The van der Waals surface area contributed by atoms with Crippen LogP contribution in [0.1, 0.15) is 24.4 Å². The topological polar surface area (TPSA) is 38.0 Å². The van der Waals surface area contributed by atoms with Crippen molar-refractivity contribution < 1.29 is 4.39 Å². The Kier molecular flexibility index (Phi) is 3.34. The lowest BCUT2D eigenvalue weighted by Gasteiger charge is -2.29. The molecule has 2 atom stereocenters. The van der Waals surface area contributed by atoms with Crippen LogP contribution >= 0.6 is 0 Å². The molecular weight excluding hydrogens is 191 g/mol. The second kappa shape index (κ2) is 4.73. The summed E-state index contributed by atoms with van der Waals surface area (Å²) in [5, 5.41) is 3.45. The fraction of sp³-hybridized carbons (Fsp3) is 0.500. The summed E-state index contributed by atoms with van der Waals surface area (Å²) in [5.74, 6) is 0.427. The second-order valence-electron chi connectivity index (χ2n) is 4.19. The molecule has 15 heavy (non-hydrogen) atoms. The zero-order chi connectivity index (χ0) is 10.7. The first-order chi connectivity index (χ1) is 7.29. The van der Waals surface area contributed by atoms with Gasteiger partial charge in [0.2, 0.25) is 0 Å². The van der Waals surface area contributed by atoms with Gasteiger partial charge in [-0.25, -0.2) is 4.39 Å². The summed E-state index contributed by atoms with van der Waals surface area (Å²) >= 11 is 0. The van der Waals surface area contributed by atoms with Gasteiger partial charge >= 0.3 is 0 Å². The zero-order valence-corrected chi connectivity index (χ0v) is 8.75. The van der Waals surface area contributed by atoms with Crippen LogP contribution in [-0.4, -0.2) is 13.1 Å². The first-order valence-electron chi connectivity index (χ1n) is 5.48. The number of rotatable bonds is 2. The molecule has 2 rings (SSSR count). The Morgan fingerprint density at radius 2 is 2.00 bits per heavy atom. The Morgan fingerprint density at radius 1 is 1.27 bits per heavy atom. The predicted molar refractivity (Wildman–Crippen MR) is 58.9 cm³/mol. The molecule has 3 heteroatoms. The van der Waals surface area contributed by atoms with Crippen LogP contribution < -0.4 is 11.1 Å². The first-order valence-corrected chi connectivity index (χ1v) is 5.48.